The fourth-order valence-corrected chi connectivity index (χ4v) is 4.58. The minimum Gasteiger partial charge on any atom is -0.314 e. The van der Waals surface area contributed by atoms with Crippen LogP contribution >= 0.6 is 0 Å². The maximum Gasteiger partial charge on any atom is 0.0101 e. The number of benzene rings is 1. The summed E-state index contributed by atoms with van der Waals surface area (Å²) in [4.78, 5) is 0. The van der Waals surface area contributed by atoms with Crippen molar-refractivity contribution >= 4 is 0 Å². The first-order valence-corrected chi connectivity index (χ1v) is 9.17. The van der Waals surface area contributed by atoms with Gasteiger partial charge in [-0.15, -0.1) is 0 Å². The van der Waals surface area contributed by atoms with Gasteiger partial charge in [-0.25, -0.2) is 0 Å². The van der Waals surface area contributed by atoms with Crippen LogP contribution in [0.3, 0.4) is 0 Å². The van der Waals surface area contributed by atoms with E-state index in [0.717, 1.165) is 23.8 Å². The fourth-order valence-electron chi connectivity index (χ4n) is 4.58. The Morgan fingerprint density at radius 1 is 1.10 bits per heavy atom. The van der Waals surface area contributed by atoms with Crippen molar-refractivity contribution in [3.05, 3.63) is 35.9 Å². The van der Waals surface area contributed by atoms with Gasteiger partial charge in [-0.3, -0.25) is 0 Å². The Balaban J connectivity index is 1.48. The standard InChI is InChI=1S/C20H31N/c1-2-15-21-19(20-17-12-6-7-13-18(17)20)14-8-11-16-9-4-3-5-10-16/h3-5,9-10,17-21H,2,6-8,11-15H2,1H3. The molecule has 2 aliphatic carbocycles. The van der Waals surface area contributed by atoms with Gasteiger partial charge in [0.25, 0.3) is 0 Å². The number of aryl methyl sites for hydroxylation is 1. The molecule has 0 aliphatic heterocycles. The third-order valence-corrected chi connectivity index (χ3v) is 5.67. The monoisotopic (exact) mass is 285 g/mol. The molecule has 0 radical (unpaired) electrons. The first-order chi connectivity index (χ1) is 10.4. The quantitative estimate of drug-likeness (QED) is 0.722. The molecule has 1 heteroatoms. The lowest BCUT2D eigenvalue weighted by molar-refractivity contribution is 0.397. The molecule has 1 nitrogen and oxygen atoms in total. The average Bonchev–Trinajstić information content (AvgIpc) is 3.26. The molecular weight excluding hydrogens is 254 g/mol. The molecule has 2 fully saturated rings. The zero-order valence-corrected chi connectivity index (χ0v) is 13.6. The van der Waals surface area contributed by atoms with Crippen molar-refractivity contribution in [1.29, 1.82) is 0 Å². The normalized spacial score (nSPS) is 28.9. The highest BCUT2D eigenvalue weighted by atomic mass is 14.9. The number of hydrogen-bond acceptors (Lipinski definition) is 1. The van der Waals surface area contributed by atoms with Gasteiger partial charge in [0.1, 0.15) is 0 Å². The first kappa shape index (κ1) is 15.1. The summed E-state index contributed by atoms with van der Waals surface area (Å²) in [6.45, 7) is 3.49. The topological polar surface area (TPSA) is 12.0 Å². The molecule has 1 aromatic carbocycles. The second-order valence-electron chi connectivity index (χ2n) is 7.13. The molecule has 3 unspecified atom stereocenters. The van der Waals surface area contributed by atoms with Crippen molar-refractivity contribution in [2.45, 2.75) is 64.3 Å². The summed E-state index contributed by atoms with van der Waals surface area (Å²) in [5, 5.41) is 3.87. The Morgan fingerprint density at radius 3 is 2.48 bits per heavy atom. The van der Waals surface area contributed by atoms with E-state index in [0.29, 0.717) is 0 Å². The summed E-state index contributed by atoms with van der Waals surface area (Å²) in [6.07, 6.45) is 11.2. The molecule has 2 aliphatic rings. The highest BCUT2D eigenvalue weighted by molar-refractivity contribution is 5.14. The van der Waals surface area contributed by atoms with Crippen LogP contribution in [0.25, 0.3) is 0 Å². The molecule has 0 aromatic heterocycles. The number of fused-ring (bicyclic) bond motifs is 1. The van der Waals surface area contributed by atoms with Crippen molar-refractivity contribution in [1.82, 2.24) is 5.32 Å². The van der Waals surface area contributed by atoms with Gasteiger partial charge < -0.3 is 5.32 Å². The van der Waals surface area contributed by atoms with Crippen molar-refractivity contribution in [3.63, 3.8) is 0 Å². The van der Waals surface area contributed by atoms with Crippen LogP contribution in [0.15, 0.2) is 30.3 Å². The van der Waals surface area contributed by atoms with Gasteiger partial charge in [0.2, 0.25) is 0 Å². The van der Waals surface area contributed by atoms with E-state index >= 15 is 0 Å². The van der Waals surface area contributed by atoms with Crippen LogP contribution in [-0.4, -0.2) is 12.6 Å². The van der Waals surface area contributed by atoms with Gasteiger partial charge in [-0.2, -0.15) is 0 Å². The van der Waals surface area contributed by atoms with Gasteiger partial charge in [0, 0.05) is 6.04 Å². The number of hydrogen-bond donors (Lipinski definition) is 1. The molecule has 1 aromatic rings. The van der Waals surface area contributed by atoms with Crippen LogP contribution in [0.4, 0.5) is 0 Å². The lowest BCUT2D eigenvalue weighted by Gasteiger charge is -2.19. The van der Waals surface area contributed by atoms with Gasteiger partial charge in [0.15, 0.2) is 0 Å². The van der Waals surface area contributed by atoms with Crippen LogP contribution in [0.1, 0.15) is 57.4 Å². The molecule has 116 valence electrons. The Hall–Kier alpha value is -0.820. The lowest BCUT2D eigenvalue weighted by atomic mass is 9.99. The summed E-state index contributed by atoms with van der Waals surface area (Å²) in [7, 11) is 0. The number of nitrogens with one attached hydrogen (secondary N) is 1. The maximum absolute atomic E-state index is 3.87. The molecule has 0 amide bonds. The van der Waals surface area contributed by atoms with E-state index in [-0.39, 0.29) is 0 Å². The second-order valence-corrected chi connectivity index (χ2v) is 7.13. The molecule has 0 spiro atoms. The molecule has 0 bridgehead atoms. The zero-order chi connectivity index (χ0) is 14.5. The predicted molar refractivity (Wildman–Crippen MR) is 90.4 cm³/mol. The van der Waals surface area contributed by atoms with Crippen LogP contribution in [0, 0.1) is 17.8 Å². The molecule has 0 saturated heterocycles. The van der Waals surface area contributed by atoms with Crippen LogP contribution in [0.5, 0.6) is 0 Å². The third-order valence-electron chi connectivity index (χ3n) is 5.67. The average molecular weight is 285 g/mol. The highest BCUT2D eigenvalue weighted by Gasteiger charge is 2.53. The SMILES string of the molecule is CCCNC(CCCc1ccccc1)C1C2CCCCC21. The van der Waals surface area contributed by atoms with E-state index in [4.69, 9.17) is 0 Å². The van der Waals surface area contributed by atoms with Crippen LogP contribution in [0.2, 0.25) is 0 Å². The smallest absolute Gasteiger partial charge is 0.0101 e. The molecule has 3 rings (SSSR count). The Kier molecular flexibility index (Phi) is 5.35. The lowest BCUT2D eigenvalue weighted by Crippen LogP contribution is -2.33. The molecule has 0 heterocycles. The molecule has 21 heavy (non-hydrogen) atoms. The van der Waals surface area contributed by atoms with E-state index in [1.165, 1.54) is 63.5 Å². The van der Waals surface area contributed by atoms with Gasteiger partial charge >= 0.3 is 0 Å². The number of rotatable bonds is 8. The van der Waals surface area contributed by atoms with Crippen molar-refractivity contribution < 1.29 is 0 Å². The van der Waals surface area contributed by atoms with Crippen molar-refractivity contribution in [2.24, 2.45) is 17.8 Å². The highest BCUT2D eigenvalue weighted by Crippen LogP contribution is 2.57. The van der Waals surface area contributed by atoms with Crippen molar-refractivity contribution in [3.8, 4) is 0 Å². The Bertz CT molecular complexity index is 401. The minimum atomic E-state index is 0.793. The third kappa shape index (κ3) is 3.88. The zero-order valence-electron chi connectivity index (χ0n) is 13.6. The van der Waals surface area contributed by atoms with Crippen LogP contribution in [-0.2, 0) is 6.42 Å². The summed E-state index contributed by atoms with van der Waals surface area (Å²) in [6, 6.07) is 11.8. The first-order valence-electron chi connectivity index (χ1n) is 9.17. The van der Waals surface area contributed by atoms with Gasteiger partial charge in [0.05, 0.1) is 0 Å². The summed E-state index contributed by atoms with van der Waals surface area (Å²) in [5.74, 6) is 3.16. The molecular formula is C20H31N. The van der Waals surface area contributed by atoms with Crippen LogP contribution < -0.4 is 5.32 Å². The Morgan fingerprint density at radius 2 is 1.81 bits per heavy atom. The second kappa shape index (κ2) is 7.45. The summed E-state index contributed by atoms with van der Waals surface area (Å²) in [5.41, 5.74) is 1.50. The van der Waals surface area contributed by atoms with Crippen molar-refractivity contribution in [2.75, 3.05) is 6.54 Å². The molecule has 1 N–H and O–H groups in total. The van der Waals surface area contributed by atoms with Gasteiger partial charge in [-0.1, -0.05) is 50.1 Å². The fraction of sp³-hybridized carbons (Fsp3) is 0.700. The maximum atomic E-state index is 3.87. The predicted octanol–water partition coefficient (Wildman–Crippen LogP) is 4.81. The van der Waals surface area contributed by atoms with E-state index in [1.807, 2.05) is 0 Å². The molecule has 2 saturated carbocycles. The summed E-state index contributed by atoms with van der Waals surface area (Å²) < 4.78 is 0. The largest absolute Gasteiger partial charge is 0.314 e. The Labute approximate surface area is 130 Å². The van der Waals surface area contributed by atoms with E-state index in [1.54, 1.807) is 0 Å². The summed E-state index contributed by atoms with van der Waals surface area (Å²) >= 11 is 0. The molecule has 3 atom stereocenters. The van der Waals surface area contributed by atoms with Gasteiger partial charge in [-0.05, 0) is 68.4 Å². The van der Waals surface area contributed by atoms with E-state index in [2.05, 4.69) is 42.6 Å². The van der Waals surface area contributed by atoms with E-state index in [9.17, 15) is 0 Å². The van der Waals surface area contributed by atoms with E-state index < -0.39 is 0 Å². The minimum absolute atomic E-state index is 0.793.